The Kier molecular flexibility index (Phi) is 3.27. The predicted molar refractivity (Wildman–Crippen MR) is 90.1 cm³/mol. The van der Waals surface area contributed by atoms with E-state index in [1.165, 1.54) is 12.8 Å². The molecule has 3 aliphatic rings. The number of imidazole rings is 1. The van der Waals surface area contributed by atoms with Crippen LogP contribution in [0.5, 0.6) is 0 Å². The van der Waals surface area contributed by atoms with E-state index in [9.17, 15) is 4.79 Å². The van der Waals surface area contributed by atoms with Gasteiger partial charge in [0.05, 0.1) is 18.4 Å². The van der Waals surface area contributed by atoms with Crippen LogP contribution < -0.4 is 0 Å². The molecule has 0 N–H and O–H groups in total. The molecule has 2 saturated carbocycles. The molecular formula is C18H23N5O2. The highest BCUT2D eigenvalue weighted by atomic mass is 16.5. The zero-order chi connectivity index (χ0) is 17.1. The molecule has 132 valence electrons. The van der Waals surface area contributed by atoms with Gasteiger partial charge in [0.1, 0.15) is 11.4 Å². The van der Waals surface area contributed by atoms with Crippen LogP contribution in [0.15, 0.2) is 10.9 Å². The second-order valence-corrected chi connectivity index (χ2v) is 7.80. The minimum absolute atomic E-state index is 0.0448. The number of rotatable bonds is 3. The summed E-state index contributed by atoms with van der Waals surface area (Å²) in [6.07, 6.45) is 8.54. The van der Waals surface area contributed by atoms with Crippen molar-refractivity contribution in [3.05, 3.63) is 17.9 Å². The summed E-state index contributed by atoms with van der Waals surface area (Å²) in [5.74, 6) is 1.56. The van der Waals surface area contributed by atoms with Crippen molar-refractivity contribution in [3.8, 4) is 11.5 Å². The van der Waals surface area contributed by atoms with Crippen molar-refractivity contribution in [3.63, 3.8) is 0 Å². The molecule has 2 aromatic rings. The number of fused-ring (bicyclic) bond motifs is 3. The molecule has 1 amide bonds. The first kappa shape index (κ1) is 15.1. The number of nitrogens with zero attached hydrogens (tertiary/aromatic N) is 5. The summed E-state index contributed by atoms with van der Waals surface area (Å²) in [6.45, 7) is 4.18. The molecule has 2 atom stereocenters. The fourth-order valence-electron chi connectivity index (χ4n) is 4.45. The Balaban J connectivity index is 1.60. The smallest absolute Gasteiger partial charge is 0.273 e. The minimum atomic E-state index is 0.0448. The minimum Gasteiger partial charge on any atom is -0.339 e. The number of amides is 1. The monoisotopic (exact) mass is 341 g/mol. The molecule has 0 spiro atoms. The number of carbonyl (C=O) groups is 1. The molecule has 2 aliphatic carbocycles. The first-order valence-electron chi connectivity index (χ1n) is 9.38. The van der Waals surface area contributed by atoms with Gasteiger partial charge in [-0.25, -0.2) is 4.98 Å². The van der Waals surface area contributed by atoms with E-state index in [0.717, 1.165) is 25.7 Å². The van der Waals surface area contributed by atoms with Gasteiger partial charge in [-0.05, 0) is 39.5 Å². The van der Waals surface area contributed by atoms with Crippen LogP contribution in [-0.4, -0.2) is 42.6 Å². The van der Waals surface area contributed by atoms with Crippen LogP contribution in [0.3, 0.4) is 0 Å². The molecule has 0 aromatic carbocycles. The summed E-state index contributed by atoms with van der Waals surface area (Å²) in [6, 6.07) is 0.741. The van der Waals surface area contributed by atoms with Crippen molar-refractivity contribution >= 4 is 5.91 Å². The number of carbonyl (C=O) groups excluding carboxylic acids is 1. The Morgan fingerprint density at radius 2 is 1.92 bits per heavy atom. The van der Waals surface area contributed by atoms with Crippen molar-refractivity contribution in [1.29, 1.82) is 0 Å². The average Bonchev–Trinajstić information content (AvgIpc) is 3.17. The quantitative estimate of drug-likeness (QED) is 0.857. The Morgan fingerprint density at radius 1 is 1.16 bits per heavy atom. The highest BCUT2D eigenvalue weighted by molar-refractivity contribution is 5.99. The predicted octanol–water partition coefficient (Wildman–Crippen LogP) is 3.16. The van der Waals surface area contributed by atoms with Crippen LogP contribution in [0.2, 0.25) is 0 Å². The zero-order valence-corrected chi connectivity index (χ0v) is 14.7. The summed E-state index contributed by atoms with van der Waals surface area (Å²) in [7, 11) is 0. The third-order valence-electron chi connectivity index (χ3n) is 5.78. The van der Waals surface area contributed by atoms with E-state index >= 15 is 0 Å². The lowest BCUT2D eigenvalue weighted by Crippen LogP contribution is -2.54. The fourth-order valence-corrected chi connectivity index (χ4v) is 4.45. The van der Waals surface area contributed by atoms with Gasteiger partial charge >= 0.3 is 0 Å². The molecule has 5 rings (SSSR count). The van der Waals surface area contributed by atoms with Crippen LogP contribution in [0.25, 0.3) is 11.5 Å². The maximum Gasteiger partial charge on any atom is 0.273 e. The molecule has 3 heterocycles. The third kappa shape index (κ3) is 2.24. The van der Waals surface area contributed by atoms with Gasteiger partial charge in [-0.1, -0.05) is 18.0 Å². The Bertz CT molecular complexity index is 819. The molecule has 2 fully saturated rings. The molecule has 2 aromatic heterocycles. The first-order chi connectivity index (χ1) is 12.1. The fraction of sp³-hybridized carbons (Fsp3) is 0.667. The number of hydrogen-bond acceptors (Lipinski definition) is 5. The van der Waals surface area contributed by atoms with Gasteiger partial charge in [0.2, 0.25) is 11.7 Å². The first-order valence-corrected chi connectivity index (χ1v) is 9.38. The van der Waals surface area contributed by atoms with Crippen LogP contribution in [0.4, 0.5) is 0 Å². The van der Waals surface area contributed by atoms with Crippen LogP contribution in [0, 0.1) is 0 Å². The van der Waals surface area contributed by atoms with E-state index in [-0.39, 0.29) is 18.0 Å². The van der Waals surface area contributed by atoms with Gasteiger partial charge in [-0.2, -0.15) is 4.98 Å². The molecule has 0 bridgehead atoms. The summed E-state index contributed by atoms with van der Waals surface area (Å²) in [4.78, 5) is 24.4. The van der Waals surface area contributed by atoms with E-state index < -0.39 is 0 Å². The van der Waals surface area contributed by atoms with E-state index in [1.807, 2.05) is 4.90 Å². The van der Waals surface area contributed by atoms with Crippen molar-refractivity contribution < 1.29 is 9.32 Å². The normalized spacial score (nSPS) is 26.0. The van der Waals surface area contributed by atoms with Crippen LogP contribution in [0.1, 0.15) is 80.7 Å². The second-order valence-electron chi connectivity index (χ2n) is 7.80. The van der Waals surface area contributed by atoms with Crippen molar-refractivity contribution in [2.45, 2.75) is 76.4 Å². The number of hydrogen-bond donors (Lipinski definition) is 0. The summed E-state index contributed by atoms with van der Waals surface area (Å²) in [5.41, 5.74) is 1.19. The third-order valence-corrected chi connectivity index (χ3v) is 5.78. The lowest BCUT2D eigenvalue weighted by atomic mass is 9.86. The Labute approximate surface area is 146 Å². The second kappa shape index (κ2) is 5.41. The Morgan fingerprint density at radius 3 is 2.64 bits per heavy atom. The lowest BCUT2D eigenvalue weighted by Gasteiger charge is -2.46. The van der Waals surface area contributed by atoms with Gasteiger partial charge < -0.3 is 14.0 Å². The standard InChI is InChI=1S/C18H23N5O2/c1-10(2)23-13-6-4-3-5-12(13)22-9-19-14(15(22)18(23)24)16-20-17(25-21-16)11-7-8-11/h9-13H,3-8H2,1-2H3. The summed E-state index contributed by atoms with van der Waals surface area (Å²) < 4.78 is 7.46. The lowest BCUT2D eigenvalue weighted by molar-refractivity contribution is 0.0338. The highest BCUT2D eigenvalue weighted by Crippen LogP contribution is 2.42. The number of aromatic nitrogens is 4. The maximum atomic E-state index is 13.3. The van der Waals surface area contributed by atoms with E-state index in [1.54, 1.807) is 6.33 Å². The Hall–Kier alpha value is -2.18. The summed E-state index contributed by atoms with van der Waals surface area (Å²) in [5, 5.41) is 4.10. The van der Waals surface area contributed by atoms with Gasteiger partial charge in [-0.3, -0.25) is 4.79 Å². The molecule has 7 nitrogen and oxygen atoms in total. The van der Waals surface area contributed by atoms with Crippen molar-refractivity contribution in [2.75, 3.05) is 0 Å². The highest BCUT2D eigenvalue weighted by Gasteiger charge is 2.44. The van der Waals surface area contributed by atoms with Crippen LogP contribution in [-0.2, 0) is 0 Å². The SMILES string of the molecule is CC(C)N1C(=O)c2c(-c3noc(C4CC4)n3)ncn2C2CCCCC21. The molecule has 0 saturated heterocycles. The molecule has 7 heteroatoms. The van der Waals surface area contributed by atoms with Crippen LogP contribution >= 0.6 is 0 Å². The molecule has 2 unspecified atom stereocenters. The largest absolute Gasteiger partial charge is 0.339 e. The topological polar surface area (TPSA) is 77.1 Å². The maximum absolute atomic E-state index is 13.3. The van der Waals surface area contributed by atoms with Gasteiger partial charge in [0.25, 0.3) is 5.91 Å². The average molecular weight is 341 g/mol. The van der Waals surface area contributed by atoms with E-state index in [2.05, 4.69) is 33.5 Å². The molecular weight excluding hydrogens is 318 g/mol. The zero-order valence-electron chi connectivity index (χ0n) is 14.7. The molecule has 0 radical (unpaired) electrons. The van der Waals surface area contributed by atoms with Gasteiger partial charge in [0.15, 0.2) is 0 Å². The molecule has 25 heavy (non-hydrogen) atoms. The van der Waals surface area contributed by atoms with Gasteiger partial charge in [-0.15, -0.1) is 0 Å². The van der Waals surface area contributed by atoms with E-state index in [0.29, 0.717) is 35.1 Å². The molecule has 1 aliphatic heterocycles. The van der Waals surface area contributed by atoms with Gasteiger partial charge in [0, 0.05) is 12.0 Å². The van der Waals surface area contributed by atoms with Crippen molar-refractivity contribution in [2.24, 2.45) is 0 Å². The van der Waals surface area contributed by atoms with Crippen molar-refractivity contribution in [1.82, 2.24) is 24.6 Å². The summed E-state index contributed by atoms with van der Waals surface area (Å²) >= 11 is 0. The van der Waals surface area contributed by atoms with E-state index in [4.69, 9.17) is 4.52 Å².